The van der Waals surface area contributed by atoms with E-state index in [4.69, 9.17) is 10.00 Å². The van der Waals surface area contributed by atoms with Gasteiger partial charge in [0.05, 0.1) is 0 Å². The first-order chi connectivity index (χ1) is 16.8. The fourth-order valence-corrected chi connectivity index (χ4v) is 4.69. The summed E-state index contributed by atoms with van der Waals surface area (Å²) in [7, 11) is -3.88. The molecule has 3 aromatic rings. The van der Waals surface area contributed by atoms with Crippen LogP contribution in [0.1, 0.15) is 17.0 Å². The third-order valence-electron chi connectivity index (χ3n) is 5.17. The van der Waals surface area contributed by atoms with Crippen LogP contribution in [-0.2, 0) is 21.4 Å². The topological polar surface area (TPSA) is 154 Å². The number of amides is 1. The minimum absolute atomic E-state index is 0.0664. The van der Waals surface area contributed by atoms with Crippen LogP contribution in [0.5, 0.6) is 0 Å². The number of sulfonamides is 1. The summed E-state index contributed by atoms with van der Waals surface area (Å²) in [5.41, 5.74) is 1.75. The number of hydrogen-bond acceptors (Lipinski definition) is 10. The summed E-state index contributed by atoms with van der Waals surface area (Å²) >= 11 is 0. The Morgan fingerprint density at radius 2 is 1.83 bits per heavy atom. The minimum Gasteiger partial charge on any atom is -0.444 e. The monoisotopic (exact) mass is 494 g/mol. The number of anilines is 2. The summed E-state index contributed by atoms with van der Waals surface area (Å²) in [6, 6.07) is 15.4. The van der Waals surface area contributed by atoms with Gasteiger partial charge >= 0.3 is 6.09 Å². The van der Waals surface area contributed by atoms with Gasteiger partial charge in [-0.15, -0.1) is 10.2 Å². The van der Waals surface area contributed by atoms with Crippen molar-refractivity contribution in [1.29, 1.82) is 5.26 Å². The van der Waals surface area contributed by atoms with Crippen LogP contribution in [0.25, 0.3) is 0 Å². The second-order valence-electron chi connectivity index (χ2n) is 7.64. The largest absolute Gasteiger partial charge is 0.444 e. The van der Waals surface area contributed by atoms with Crippen LogP contribution in [0.15, 0.2) is 53.6 Å². The summed E-state index contributed by atoms with van der Waals surface area (Å²) in [6.07, 6.45) is -0.729. The number of aryl methyl sites for hydroxylation is 1. The number of carbonyl (C=O) groups excluding carboxylic acids is 1. The van der Waals surface area contributed by atoms with Gasteiger partial charge < -0.3 is 9.64 Å². The summed E-state index contributed by atoms with van der Waals surface area (Å²) < 4.78 is 32.4. The molecule has 0 saturated carbocycles. The highest BCUT2D eigenvalue weighted by atomic mass is 32.2. The molecule has 0 radical (unpaired) electrons. The Balaban J connectivity index is 1.34. The van der Waals surface area contributed by atoms with E-state index in [0.717, 1.165) is 5.56 Å². The first kappa shape index (κ1) is 24.0. The summed E-state index contributed by atoms with van der Waals surface area (Å²) in [4.78, 5) is 22.3. The molecule has 3 heterocycles. The lowest BCUT2D eigenvalue weighted by Crippen LogP contribution is -2.49. The smallest absolute Gasteiger partial charge is 0.413 e. The molecule has 1 aliphatic heterocycles. The van der Waals surface area contributed by atoms with E-state index < -0.39 is 16.1 Å². The number of piperazine rings is 1. The Hall–Kier alpha value is -4.15. The molecule has 0 aliphatic carbocycles. The molecule has 1 N–H and O–H groups in total. The number of hydrogen-bond donors (Lipinski definition) is 1. The van der Waals surface area contributed by atoms with E-state index in [-0.39, 0.29) is 36.2 Å². The van der Waals surface area contributed by atoms with E-state index in [1.54, 1.807) is 13.0 Å². The molecular weight excluding hydrogens is 472 g/mol. The molecule has 13 heteroatoms. The van der Waals surface area contributed by atoms with Gasteiger partial charge in [-0.3, -0.25) is 5.32 Å². The lowest BCUT2D eigenvalue weighted by atomic mass is 10.2. The van der Waals surface area contributed by atoms with Crippen molar-refractivity contribution in [3.05, 3.63) is 65.5 Å². The average Bonchev–Trinajstić information content (AvgIpc) is 2.88. The van der Waals surface area contributed by atoms with Crippen LogP contribution >= 0.6 is 0 Å². The molecule has 1 saturated heterocycles. The third-order valence-corrected chi connectivity index (χ3v) is 6.96. The van der Waals surface area contributed by atoms with Gasteiger partial charge in [-0.05, 0) is 30.7 Å². The van der Waals surface area contributed by atoms with Crippen molar-refractivity contribution < 1.29 is 17.9 Å². The van der Waals surface area contributed by atoms with Gasteiger partial charge in [0.2, 0.25) is 5.95 Å². The van der Waals surface area contributed by atoms with Crippen LogP contribution in [0.3, 0.4) is 0 Å². The first-order valence-electron chi connectivity index (χ1n) is 10.7. The molecule has 1 aromatic carbocycles. The van der Waals surface area contributed by atoms with Crippen molar-refractivity contribution in [2.45, 2.75) is 18.6 Å². The normalized spacial score (nSPS) is 14.2. The fraction of sp³-hybridized carbons (Fsp3) is 0.273. The van der Waals surface area contributed by atoms with Crippen molar-refractivity contribution >= 4 is 27.9 Å². The number of nitrogens with one attached hydrogen (secondary N) is 1. The molecular formula is C22H22N8O4S. The van der Waals surface area contributed by atoms with Crippen molar-refractivity contribution in [2.75, 3.05) is 36.4 Å². The van der Waals surface area contributed by atoms with Crippen LogP contribution in [-0.4, -0.2) is 65.2 Å². The average molecular weight is 495 g/mol. The Morgan fingerprint density at radius 3 is 2.49 bits per heavy atom. The Bertz CT molecular complexity index is 1340. The highest BCUT2D eigenvalue weighted by Crippen LogP contribution is 2.19. The number of carbonyl (C=O) groups is 1. The lowest BCUT2D eigenvalue weighted by Gasteiger charge is -2.33. The Morgan fingerprint density at radius 1 is 1.09 bits per heavy atom. The quantitative estimate of drug-likeness (QED) is 0.535. The molecule has 2 aromatic heterocycles. The van der Waals surface area contributed by atoms with Gasteiger partial charge in [0.15, 0.2) is 10.8 Å². The molecule has 4 rings (SSSR count). The number of aromatic nitrogens is 4. The molecule has 12 nitrogen and oxygen atoms in total. The van der Waals surface area contributed by atoms with E-state index in [1.807, 2.05) is 41.3 Å². The summed E-state index contributed by atoms with van der Waals surface area (Å²) in [5, 5.41) is 18.9. The predicted octanol–water partition coefficient (Wildman–Crippen LogP) is 1.71. The number of nitriles is 1. The van der Waals surface area contributed by atoms with E-state index in [0.29, 0.717) is 24.7 Å². The molecule has 0 spiro atoms. The number of benzene rings is 1. The highest BCUT2D eigenvalue weighted by Gasteiger charge is 2.31. The van der Waals surface area contributed by atoms with Crippen LogP contribution < -0.4 is 10.2 Å². The van der Waals surface area contributed by atoms with Crippen molar-refractivity contribution in [2.24, 2.45) is 0 Å². The van der Waals surface area contributed by atoms with Crippen LogP contribution in [0.4, 0.5) is 16.6 Å². The van der Waals surface area contributed by atoms with E-state index in [9.17, 15) is 13.2 Å². The predicted molar refractivity (Wildman–Crippen MR) is 125 cm³/mol. The maximum absolute atomic E-state index is 13.0. The SMILES string of the molecule is Cc1cc(C#N)nc(N2CCN(S(=O)(=O)c3ccc(NC(=O)OCc4ccccc4)nn3)CC2)n1. The van der Waals surface area contributed by atoms with Crippen LogP contribution in [0.2, 0.25) is 0 Å². The summed E-state index contributed by atoms with van der Waals surface area (Å²) in [5.74, 6) is 0.463. The first-order valence-corrected chi connectivity index (χ1v) is 12.1. The zero-order chi connectivity index (χ0) is 24.8. The number of ether oxygens (including phenoxy) is 1. The lowest BCUT2D eigenvalue weighted by molar-refractivity contribution is 0.155. The second-order valence-corrected chi connectivity index (χ2v) is 9.53. The minimum atomic E-state index is -3.88. The van der Waals surface area contributed by atoms with Gasteiger partial charge in [0, 0.05) is 31.9 Å². The Kier molecular flexibility index (Phi) is 7.14. The molecule has 0 unspecified atom stereocenters. The van der Waals surface area contributed by atoms with Gasteiger partial charge in [-0.2, -0.15) is 9.57 Å². The molecule has 0 bridgehead atoms. The molecule has 1 fully saturated rings. The van der Waals surface area contributed by atoms with E-state index in [1.165, 1.54) is 16.4 Å². The number of nitrogens with zero attached hydrogens (tertiary/aromatic N) is 7. The zero-order valence-electron chi connectivity index (χ0n) is 18.8. The van der Waals surface area contributed by atoms with Crippen molar-refractivity contribution in [3.63, 3.8) is 0 Å². The molecule has 1 aliphatic rings. The molecule has 180 valence electrons. The van der Waals surface area contributed by atoms with Gasteiger partial charge in [0.1, 0.15) is 18.4 Å². The van der Waals surface area contributed by atoms with Gasteiger partial charge in [-0.25, -0.2) is 23.2 Å². The standard InChI is InChI=1S/C22H22N8O4S/c1-16-13-18(14-23)25-21(24-16)29-9-11-30(12-10-29)35(32,33)20-8-7-19(27-28-20)26-22(31)34-15-17-5-3-2-4-6-17/h2-8,13H,9-12,15H2,1H3,(H,26,27,31). The van der Waals surface area contributed by atoms with Gasteiger partial charge in [0.25, 0.3) is 10.0 Å². The van der Waals surface area contributed by atoms with Gasteiger partial charge in [-0.1, -0.05) is 30.3 Å². The Labute approximate surface area is 202 Å². The molecule has 0 atom stereocenters. The van der Waals surface area contributed by atoms with E-state index >= 15 is 0 Å². The molecule has 1 amide bonds. The summed E-state index contributed by atoms with van der Waals surface area (Å²) in [6.45, 7) is 2.95. The number of rotatable bonds is 6. The highest BCUT2D eigenvalue weighted by molar-refractivity contribution is 7.89. The molecule has 35 heavy (non-hydrogen) atoms. The maximum atomic E-state index is 13.0. The van der Waals surface area contributed by atoms with Crippen molar-refractivity contribution in [3.8, 4) is 6.07 Å². The van der Waals surface area contributed by atoms with Crippen molar-refractivity contribution in [1.82, 2.24) is 24.5 Å². The second kappa shape index (κ2) is 10.4. The zero-order valence-corrected chi connectivity index (χ0v) is 19.6. The fourth-order valence-electron chi connectivity index (χ4n) is 3.40. The van der Waals surface area contributed by atoms with E-state index in [2.05, 4.69) is 25.5 Å². The third kappa shape index (κ3) is 5.86. The van der Waals surface area contributed by atoms with Crippen LogP contribution in [0, 0.1) is 18.3 Å². The maximum Gasteiger partial charge on any atom is 0.413 e.